The van der Waals surface area contributed by atoms with Crippen LogP contribution in [0.1, 0.15) is 52.9 Å². The normalized spacial score (nSPS) is 19.8. The van der Waals surface area contributed by atoms with Gasteiger partial charge in [-0.05, 0) is 50.2 Å². The van der Waals surface area contributed by atoms with Crippen molar-refractivity contribution < 1.29 is 8.42 Å². The molecule has 0 aromatic carbocycles. The number of hydrogen-bond acceptors (Lipinski definition) is 4. The van der Waals surface area contributed by atoms with E-state index in [0.29, 0.717) is 0 Å². The molecule has 5 nitrogen and oxygen atoms in total. The van der Waals surface area contributed by atoms with Crippen LogP contribution in [0.5, 0.6) is 0 Å². The Morgan fingerprint density at radius 3 is 2.61 bits per heavy atom. The average molecular weight is 340 g/mol. The fourth-order valence-corrected chi connectivity index (χ4v) is 4.30. The van der Waals surface area contributed by atoms with Crippen LogP contribution in [-0.4, -0.2) is 32.5 Å². The van der Waals surface area contributed by atoms with E-state index in [0.717, 1.165) is 44.1 Å². The first-order chi connectivity index (χ1) is 11.0. The number of pyridine rings is 1. The molecule has 23 heavy (non-hydrogen) atoms. The standard InChI is InChI=1S/C17H29N3O2S/c1-4-15(5-2)19-23(21,22)16-8-9-17(18-13-16)20-11-6-7-14(3)10-12-20/h8-9,13-15,19H,4-7,10-12H2,1-3H3/t14-/m0/s1. The van der Waals surface area contributed by atoms with Gasteiger partial charge < -0.3 is 4.90 Å². The predicted molar refractivity (Wildman–Crippen MR) is 94.2 cm³/mol. The predicted octanol–water partition coefficient (Wildman–Crippen LogP) is 3.17. The molecule has 0 unspecified atom stereocenters. The molecule has 0 saturated carbocycles. The lowest BCUT2D eigenvalue weighted by Gasteiger charge is -2.22. The Balaban J connectivity index is 2.09. The van der Waals surface area contributed by atoms with E-state index in [4.69, 9.17) is 0 Å². The fraction of sp³-hybridized carbons (Fsp3) is 0.706. The Labute approximate surface area is 140 Å². The third kappa shape index (κ3) is 4.91. The van der Waals surface area contributed by atoms with Gasteiger partial charge in [0.2, 0.25) is 10.0 Å². The minimum absolute atomic E-state index is 0.0215. The quantitative estimate of drug-likeness (QED) is 0.865. The van der Waals surface area contributed by atoms with Crippen LogP contribution in [0.2, 0.25) is 0 Å². The first kappa shape index (κ1) is 18.2. The molecular weight excluding hydrogens is 310 g/mol. The summed E-state index contributed by atoms with van der Waals surface area (Å²) >= 11 is 0. The Morgan fingerprint density at radius 1 is 1.26 bits per heavy atom. The summed E-state index contributed by atoms with van der Waals surface area (Å²) in [5.74, 6) is 1.63. The van der Waals surface area contributed by atoms with Crippen molar-refractivity contribution in [2.75, 3.05) is 18.0 Å². The van der Waals surface area contributed by atoms with Gasteiger partial charge in [0.15, 0.2) is 0 Å². The van der Waals surface area contributed by atoms with Crippen molar-refractivity contribution >= 4 is 15.8 Å². The number of aromatic nitrogens is 1. The second-order valence-corrected chi connectivity index (χ2v) is 8.22. The van der Waals surface area contributed by atoms with Gasteiger partial charge in [-0.1, -0.05) is 20.8 Å². The number of nitrogens with one attached hydrogen (secondary N) is 1. The number of nitrogens with zero attached hydrogens (tertiary/aromatic N) is 2. The topological polar surface area (TPSA) is 62.3 Å². The number of rotatable bonds is 6. The number of hydrogen-bond donors (Lipinski definition) is 1. The zero-order valence-electron chi connectivity index (χ0n) is 14.5. The van der Waals surface area contributed by atoms with Crippen molar-refractivity contribution in [3.63, 3.8) is 0 Å². The molecule has 1 aliphatic rings. The van der Waals surface area contributed by atoms with Crippen molar-refractivity contribution in [3.05, 3.63) is 18.3 Å². The SMILES string of the molecule is CCC(CC)NS(=O)(=O)c1ccc(N2CCC[C@H](C)CC2)nc1. The summed E-state index contributed by atoms with van der Waals surface area (Å²) in [7, 11) is -3.48. The van der Waals surface area contributed by atoms with Gasteiger partial charge in [-0.2, -0.15) is 0 Å². The third-order valence-electron chi connectivity index (χ3n) is 4.68. The molecule has 1 saturated heterocycles. The smallest absolute Gasteiger partial charge is 0.242 e. The van der Waals surface area contributed by atoms with E-state index in [1.165, 1.54) is 19.0 Å². The first-order valence-corrected chi connectivity index (χ1v) is 10.2. The lowest BCUT2D eigenvalue weighted by molar-refractivity contribution is 0.521. The average Bonchev–Trinajstić information content (AvgIpc) is 2.77. The van der Waals surface area contributed by atoms with Gasteiger partial charge in [-0.3, -0.25) is 0 Å². The van der Waals surface area contributed by atoms with Crippen molar-refractivity contribution in [1.82, 2.24) is 9.71 Å². The summed E-state index contributed by atoms with van der Waals surface area (Å²) in [4.78, 5) is 6.91. The van der Waals surface area contributed by atoms with E-state index < -0.39 is 10.0 Å². The van der Waals surface area contributed by atoms with Gasteiger partial charge in [0.05, 0.1) is 0 Å². The zero-order valence-corrected chi connectivity index (χ0v) is 15.3. The van der Waals surface area contributed by atoms with Crippen molar-refractivity contribution in [2.24, 2.45) is 5.92 Å². The van der Waals surface area contributed by atoms with E-state index in [1.54, 1.807) is 6.07 Å². The molecule has 1 atom stereocenters. The Morgan fingerprint density at radius 2 is 2.00 bits per heavy atom. The van der Waals surface area contributed by atoms with Gasteiger partial charge in [-0.25, -0.2) is 18.1 Å². The molecule has 0 spiro atoms. The Kier molecular flexibility index (Phi) is 6.41. The molecule has 1 aromatic heterocycles. The third-order valence-corrected chi connectivity index (χ3v) is 6.18. The molecule has 1 N–H and O–H groups in total. The van der Waals surface area contributed by atoms with Crippen molar-refractivity contribution in [2.45, 2.75) is 63.8 Å². The molecule has 2 rings (SSSR count). The van der Waals surface area contributed by atoms with Crippen LogP contribution < -0.4 is 9.62 Å². The van der Waals surface area contributed by atoms with Crippen LogP contribution in [0.15, 0.2) is 23.2 Å². The molecule has 2 heterocycles. The highest BCUT2D eigenvalue weighted by atomic mass is 32.2. The van der Waals surface area contributed by atoms with Gasteiger partial charge >= 0.3 is 0 Å². The van der Waals surface area contributed by atoms with E-state index in [9.17, 15) is 8.42 Å². The maximum atomic E-state index is 12.4. The monoisotopic (exact) mass is 339 g/mol. The van der Waals surface area contributed by atoms with Crippen LogP contribution in [-0.2, 0) is 10.0 Å². The van der Waals surface area contributed by atoms with Gasteiger partial charge in [0.25, 0.3) is 0 Å². The van der Waals surface area contributed by atoms with E-state index in [1.807, 2.05) is 19.9 Å². The maximum Gasteiger partial charge on any atom is 0.242 e. The van der Waals surface area contributed by atoms with E-state index in [2.05, 4.69) is 21.5 Å². The van der Waals surface area contributed by atoms with Gasteiger partial charge in [-0.15, -0.1) is 0 Å². The highest BCUT2D eigenvalue weighted by Crippen LogP contribution is 2.22. The van der Waals surface area contributed by atoms with E-state index >= 15 is 0 Å². The molecule has 6 heteroatoms. The summed E-state index contributed by atoms with van der Waals surface area (Å²) in [5.41, 5.74) is 0. The molecule has 0 aliphatic carbocycles. The first-order valence-electron chi connectivity index (χ1n) is 8.69. The molecular formula is C17H29N3O2S. The molecule has 1 aliphatic heterocycles. The number of anilines is 1. The van der Waals surface area contributed by atoms with Crippen LogP contribution >= 0.6 is 0 Å². The van der Waals surface area contributed by atoms with Crippen LogP contribution in [0, 0.1) is 5.92 Å². The van der Waals surface area contributed by atoms with Crippen molar-refractivity contribution in [1.29, 1.82) is 0 Å². The maximum absolute atomic E-state index is 12.4. The zero-order chi connectivity index (χ0) is 16.9. The fourth-order valence-electron chi connectivity index (χ4n) is 2.95. The van der Waals surface area contributed by atoms with Gasteiger partial charge in [0, 0.05) is 25.3 Å². The largest absolute Gasteiger partial charge is 0.357 e. The van der Waals surface area contributed by atoms with Gasteiger partial charge in [0.1, 0.15) is 10.7 Å². The summed E-state index contributed by atoms with van der Waals surface area (Å²) in [5, 5.41) is 0. The summed E-state index contributed by atoms with van der Waals surface area (Å²) < 4.78 is 27.5. The molecule has 0 radical (unpaired) electrons. The lowest BCUT2D eigenvalue weighted by atomic mass is 10.0. The molecule has 1 aromatic rings. The van der Waals surface area contributed by atoms with E-state index in [-0.39, 0.29) is 10.9 Å². The second-order valence-electron chi connectivity index (χ2n) is 6.51. The highest BCUT2D eigenvalue weighted by molar-refractivity contribution is 7.89. The summed E-state index contributed by atoms with van der Waals surface area (Å²) in [6, 6.07) is 3.48. The van der Waals surface area contributed by atoms with Crippen LogP contribution in [0.4, 0.5) is 5.82 Å². The minimum Gasteiger partial charge on any atom is -0.357 e. The van der Waals surface area contributed by atoms with Crippen molar-refractivity contribution in [3.8, 4) is 0 Å². The molecule has 1 fully saturated rings. The highest BCUT2D eigenvalue weighted by Gasteiger charge is 2.20. The Hall–Kier alpha value is -1.14. The Bertz CT molecular complexity index is 582. The molecule has 0 amide bonds. The van der Waals surface area contributed by atoms with Crippen LogP contribution in [0.3, 0.4) is 0 Å². The van der Waals surface area contributed by atoms with Crippen LogP contribution in [0.25, 0.3) is 0 Å². The molecule has 130 valence electrons. The molecule has 0 bridgehead atoms. The summed E-state index contributed by atoms with van der Waals surface area (Å²) in [6.45, 7) is 8.24. The summed E-state index contributed by atoms with van der Waals surface area (Å²) in [6.07, 6.45) is 6.63. The lowest BCUT2D eigenvalue weighted by Crippen LogP contribution is -2.34. The number of sulfonamides is 1. The second kappa shape index (κ2) is 8.11. The minimum atomic E-state index is -3.48.